The topological polar surface area (TPSA) is 14.2 Å². The minimum absolute atomic E-state index is 0.211. The molecule has 2 nitrogen and oxygen atoms in total. The summed E-state index contributed by atoms with van der Waals surface area (Å²) in [6.07, 6.45) is 3.47. The molecule has 1 heterocycles. The van der Waals surface area contributed by atoms with Crippen LogP contribution in [0.15, 0.2) is 24.4 Å². The van der Waals surface area contributed by atoms with Crippen molar-refractivity contribution >= 4 is 27.5 Å². The van der Waals surface area contributed by atoms with Gasteiger partial charge in [-0.05, 0) is 59.6 Å². The van der Waals surface area contributed by atoms with Crippen LogP contribution in [-0.4, -0.2) is 20.8 Å². The molecule has 0 spiro atoms. The summed E-state index contributed by atoms with van der Waals surface area (Å²) < 4.78 is 9.19. The van der Waals surface area contributed by atoms with E-state index >= 15 is 0 Å². The molecule has 146 valence electrons. The van der Waals surface area contributed by atoms with Crippen molar-refractivity contribution in [1.29, 1.82) is 0 Å². The number of fused-ring (bicyclic) bond motifs is 1. The maximum absolute atomic E-state index is 6.58. The van der Waals surface area contributed by atoms with Gasteiger partial charge in [0, 0.05) is 10.9 Å². The van der Waals surface area contributed by atoms with Crippen LogP contribution in [0.3, 0.4) is 0 Å². The summed E-state index contributed by atoms with van der Waals surface area (Å²) >= 11 is 0. The van der Waals surface area contributed by atoms with Crippen molar-refractivity contribution in [3.63, 3.8) is 0 Å². The molecule has 2 aromatic rings. The van der Waals surface area contributed by atoms with E-state index < -0.39 is 16.6 Å². The third-order valence-corrected chi connectivity index (χ3v) is 16.5. The molecule has 0 radical (unpaired) electrons. The zero-order valence-corrected chi connectivity index (χ0v) is 20.9. The first-order valence-corrected chi connectivity index (χ1v) is 15.8. The summed E-state index contributed by atoms with van der Waals surface area (Å²) in [5.41, 5.74) is 2.81. The summed E-state index contributed by atoms with van der Waals surface area (Å²) in [6.45, 7) is 25.9. The lowest BCUT2D eigenvalue weighted by Gasteiger charge is -2.38. The monoisotopic (exact) mass is 389 g/mol. The van der Waals surface area contributed by atoms with Crippen LogP contribution in [0.1, 0.15) is 54.0 Å². The maximum Gasteiger partial charge on any atom is 0.250 e. The van der Waals surface area contributed by atoms with Gasteiger partial charge in [-0.15, -0.1) is 0 Å². The molecule has 0 fully saturated rings. The molecule has 1 aromatic carbocycles. The van der Waals surface area contributed by atoms with Gasteiger partial charge >= 0.3 is 0 Å². The number of aromatic nitrogens is 1. The van der Waals surface area contributed by atoms with Crippen molar-refractivity contribution in [2.45, 2.75) is 91.2 Å². The Labute approximate surface area is 163 Å². The molecule has 2 rings (SSSR count). The zero-order chi connectivity index (χ0) is 20.1. The second-order valence-corrected chi connectivity index (χ2v) is 20.6. The van der Waals surface area contributed by atoms with E-state index in [9.17, 15) is 0 Å². The standard InChI is InChI=1S/C22H39NOSi2/c1-12-17-16-23(25(8,9)21(2,3)4)20-14-13-18(15-19(17)20)24-26(10,11)22(5,6)7/h13-16H,12H2,1-11H3. The van der Waals surface area contributed by atoms with Gasteiger partial charge in [-0.25, -0.2) is 0 Å². The lowest BCUT2D eigenvalue weighted by molar-refractivity contribution is 0.493. The van der Waals surface area contributed by atoms with Crippen molar-refractivity contribution < 1.29 is 4.43 Å². The highest BCUT2D eigenvalue weighted by Gasteiger charge is 2.40. The van der Waals surface area contributed by atoms with E-state index in [1.807, 2.05) is 0 Å². The Bertz CT molecular complexity index is 789. The first-order valence-electron chi connectivity index (χ1n) is 9.95. The summed E-state index contributed by atoms with van der Waals surface area (Å²) in [5, 5.41) is 1.89. The van der Waals surface area contributed by atoms with Crippen LogP contribution in [-0.2, 0) is 6.42 Å². The van der Waals surface area contributed by atoms with Crippen molar-refractivity contribution in [2.75, 3.05) is 0 Å². The molecule has 0 saturated carbocycles. The Kier molecular flexibility index (Phi) is 5.37. The molecule has 1 aromatic heterocycles. The molecule has 0 aliphatic rings. The summed E-state index contributed by atoms with van der Waals surface area (Å²) in [7, 11) is -3.47. The fourth-order valence-electron chi connectivity index (χ4n) is 2.89. The number of hydrogen-bond acceptors (Lipinski definition) is 1. The van der Waals surface area contributed by atoms with Crippen LogP contribution >= 0.6 is 0 Å². The van der Waals surface area contributed by atoms with Gasteiger partial charge in [-0.2, -0.15) is 0 Å². The number of rotatable bonds is 4. The highest BCUT2D eigenvalue weighted by Crippen LogP contribution is 2.41. The molecule has 0 saturated heterocycles. The predicted octanol–water partition coefficient (Wildman–Crippen LogP) is 7.44. The molecule has 0 aliphatic heterocycles. The number of benzene rings is 1. The van der Waals surface area contributed by atoms with Gasteiger partial charge in [0.25, 0.3) is 0 Å². The highest BCUT2D eigenvalue weighted by atomic mass is 28.4. The quantitative estimate of drug-likeness (QED) is 0.495. The van der Waals surface area contributed by atoms with Gasteiger partial charge in [-0.1, -0.05) is 61.6 Å². The third-order valence-electron chi connectivity index (χ3n) is 6.86. The van der Waals surface area contributed by atoms with E-state index in [4.69, 9.17) is 4.43 Å². The van der Waals surface area contributed by atoms with E-state index in [1.54, 1.807) is 0 Å². The van der Waals surface area contributed by atoms with E-state index in [1.165, 1.54) is 16.5 Å². The molecule has 0 unspecified atom stereocenters. The predicted molar refractivity (Wildman–Crippen MR) is 122 cm³/mol. The van der Waals surface area contributed by atoms with Gasteiger partial charge in [0.05, 0.1) is 0 Å². The minimum Gasteiger partial charge on any atom is -0.543 e. The molecule has 26 heavy (non-hydrogen) atoms. The highest BCUT2D eigenvalue weighted by molar-refractivity contribution is 6.79. The second-order valence-electron chi connectivity index (χ2n) is 10.7. The van der Waals surface area contributed by atoms with Crippen LogP contribution in [0.4, 0.5) is 0 Å². The summed E-state index contributed by atoms with van der Waals surface area (Å²) in [6, 6.07) is 6.77. The molecule has 0 aliphatic carbocycles. The normalized spacial score (nSPS) is 14.1. The lowest BCUT2D eigenvalue weighted by atomic mass is 10.1. The molecular formula is C22H39NOSi2. The Morgan fingerprint density at radius 2 is 1.50 bits per heavy atom. The minimum atomic E-state index is -1.82. The fraction of sp³-hybridized carbons (Fsp3) is 0.636. The average Bonchev–Trinajstić information content (AvgIpc) is 2.83. The Balaban J connectivity index is 2.58. The van der Waals surface area contributed by atoms with Gasteiger partial charge in [0.15, 0.2) is 8.24 Å². The maximum atomic E-state index is 6.58. The summed E-state index contributed by atoms with van der Waals surface area (Å²) in [4.78, 5) is 0. The first kappa shape index (κ1) is 21.3. The molecule has 0 N–H and O–H groups in total. The Morgan fingerprint density at radius 1 is 0.923 bits per heavy atom. The molecule has 0 atom stereocenters. The lowest BCUT2D eigenvalue weighted by Crippen LogP contribution is -2.45. The third kappa shape index (κ3) is 3.68. The van der Waals surface area contributed by atoms with Gasteiger partial charge < -0.3 is 8.66 Å². The van der Waals surface area contributed by atoms with E-state index in [-0.39, 0.29) is 5.04 Å². The zero-order valence-electron chi connectivity index (χ0n) is 18.9. The molecule has 0 amide bonds. The SMILES string of the molecule is CCc1cn([Si](C)(C)C(C)(C)C)c2ccc(O[Si](C)(C)C(C)(C)C)cc12. The molecular weight excluding hydrogens is 350 g/mol. The van der Waals surface area contributed by atoms with Crippen LogP contribution in [0, 0.1) is 0 Å². The van der Waals surface area contributed by atoms with Gasteiger partial charge in [-0.3, -0.25) is 0 Å². The van der Waals surface area contributed by atoms with Gasteiger partial charge in [0.1, 0.15) is 5.75 Å². The van der Waals surface area contributed by atoms with E-state index in [2.05, 4.69) is 103 Å². The van der Waals surface area contributed by atoms with Crippen LogP contribution in [0.2, 0.25) is 36.3 Å². The van der Waals surface area contributed by atoms with E-state index in [0.717, 1.165) is 12.2 Å². The molecule has 0 bridgehead atoms. The van der Waals surface area contributed by atoms with Crippen molar-refractivity contribution in [3.8, 4) is 5.75 Å². The smallest absolute Gasteiger partial charge is 0.250 e. The molecule has 4 heteroatoms. The number of nitrogens with zero attached hydrogens (tertiary/aromatic N) is 1. The van der Waals surface area contributed by atoms with Crippen LogP contribution in [0.25, 0.3) is 10.9 Å². The Hall–Kier alpha value is -1.01. The number of hydrogen-bond donors (Lipinski definition) is 0. The van der Waals surface area contributed by atoms with Crippen molar-refractivity contribution in [2.24, 2.45) is 0 Å². The van der Waals surface area contributed by atoms with Crippen molar-refractivity contribution in [1.82, 2.24) is 4.23 Å². The average molecular weight is 390 g/mol. The largest absolute Gasteiger partial charge is 0.543 e. The second kappa shape index (κ2) is 6.55. The van der Waals surface area contributed by atoms with E-state index in [0.29, 0.717) is 5.04 Å². The van der Waals surface area contributed by atoms with Crippen LogP contribution < -0.4 is 4.43 Å². The first-order chi connectivity index (χ1) is 11.6. The van der Waals surface area contributed by atoms with Crippen molar-refractivity contribution in [3.05, 3.63) is 30.0 Å². The summed E-state index contributed by atoms with van der Waals surface area (Å²) in [5.74, 6) is 1.03. The fourth-order valence-corrected chi connectivity index (χ4v) is 5.92. The Morgan fingerprint density at radius 3 is 1.96 bits per heavy atom. The number of aryl methyl sites for hydroxylation is 1. The van der Waals surface area contributed by atoms with Crippen LogP contribution in [0.5, 0.6) is 5.75 Å². The van der Waals surface area contributed by atoms with Gasteiger partial charge in [0.2, 0.25) is 8.32 Å².